The molecule has 0 aliphatic rings. The smallest absolute Gasteiger partial charge is 0.343 e. The second kappa shape index (κ2) is 4.50. The molecule has 2 N–H and O–H groups in total. The Morgan fingerprint density at radius 3 is 2.82 bits per heavy atom. The van der Waals surface area contributed by atoms with Gasteiger partial charge in [0, 0.05) is 6.20 Å². The minimum atomic E-state index is -0.531. The maximum atomic E-state index is 11.3. The molecule has 0 fully saturated rings. The molecule has 5 nitrogen and oxygen atoms in total. The second-order valence-electron chi connectivity index (χ2n) is 3.42. The molecule has 0 aliphatic heterocycles. The molecule has 0 aliphatic carbocycles. The number of hydrogen-bond donors (Lipinski definition) is 1. The summed E-state index contributed by atoms with van der Waals surface area (Å²) in [6.07, 6.45) is 1.39. The van der Waals surface area contributed by atoms with Crippen LogP contribution in [0.2, 0.25) is 0 Å². The van der Waals surface area contributed by atoms with E-state index in [9.17, 15) is 4.79 Å². The first kappa shape index (κ1) is 11.5. The molecule has 0 amide bonds. The third kappa shape index (κ3) is 2.12. The van der Waals surface area contributed by atoms with E-state index in [1.807, 2.05) is 18.4 Å². The molecule has 2 rings (SSSR count). The first-order valence-electron chi connectivity index (χ1n) is 4.88. The van der Waals surface area contributed by atoms with Crippen LogP contribution in [0.15, 0.2) is 17.6 Å². The van der Waals surface area contributed by atoms with Crippen LogP contribution in [-0.2, 0) is 4.74 Å². The molecule has 2 aromatic rings. The number of aromatic nitrogens is 2. The van der Waals surface area contributed by atoms with Crippen molar-refractivity contribution in [2.75, 3.05) is 12.8 Å². The number of methoxy groups -OCH3 is 1. The van der Waals surface area contributed by atoms with Gasteiger partial charge in [-0.1, -0.05) is 0 Å². The van der Waals surface area contributed by atoms with Crippen molar-refractivity contribution in [2.45, 2.75) is 6.92 Å². The first-order chi connectivity index (χ1) is 8.13. The number of thiophene rings is 1. The summed E-state index contributed by atoms with van der Waals surface area (Å²) in [4.78, 5) is 20.5. The van der Waals surface area contributed by atoms with Crippen molar-refractivity contribution in [1.29, 1.82) is 0 Å². The van der Waals surface area contributed by atoms with Gasteiger partial charge in [0.15, 0.2) is 5.82 Å². The number of esters is 1. The van der Waals surface area contributed by atoms with E-state index in [2.05, 4.69) is 14.7 Å². The molecule has 0 saturated heterocycles. The van der Waals surface area contributed by atoms with Crippen molar-refractivity contribution in [3.63, 3.8) is 0 Å². The lowest BCUT2D eigenvalue weighted by atomic mass is 10.2. The van der Waals surface area contributed by atoms with Gasteiger partial charge in [-0.15, -0.1) is 11.3 Å². The molecule has 0 radical (unpaired) electrons. The van der Waals surface area contributed by atoms with Crippen LogP contribution >= 0.6 is 11.3 Å². The van der Waals surface area contributed by atoms with Crippen molar-refractivity contribution in [1.82, 2.24) is 9.97 Å². The number of nitrogen functional groups attached to an aromatic ring is 1. The Bertz CT molecular complexity index is 566. The van der Waals surface area contributed by atoms with E-state index in [4.69, 9.17) is 5.73 Å². The van der Waals surface area contributed by atoms with E-state index < -0.39 is 5.97 Å². The zero-order valence-electron chi connectivity index (χ0n) is 9.43. The van der Waals surface area contributed by atoms with Gasteiger partial charge in [-0.25, -0.2) is 14.8 Å². The molecule has 88 valence electrons. The molecule has 2 heterocycles. The van der Waals surface area contributed by atoms with Crippen LogP contribution in [0.1, 0.15) is 15.9 Å². The standard InChI is InChI=1S/C11H11N3O2S/c1-6-3-4-17-8(6)10-13-5-7(9(12)14-10)11(15)16-2/h3-5H,1-2H3,(H2,12,13,14). The molecule has 0 bridgehead atoms. The second-order valence-corrected chi connectivity index (χ2v) is 4.33. The van der Waals surface area contributed by atoms with Crippen LogP contribution in [-0.4, -0.2) is 23.0 Å². The molecule has 0 atom stereocenters. The zero-order valence-corrected chi connectivity index (χ0v) is 10.2. The molecule has 6 heteroatoms. The van der Waals surface area contributed by atoms with Crippen LogP contribution in [0.3, 0.4) is 0 Å². The zero-order chi connectivity index (χ0) is 12.4. The van der Waals surface area contributed by atoms with Crippen molar-refractivity contribution < 1.29 is 9.53 Å². The van der Waals surface area contributed by atoms with Crippen LogP contribution in [0, 0.1) is 6.92 Å². The summed E-state index contributed by atoms with van der Waals surface area (Å²) in [5.41, 5.74) is 6.98. The lowest BCUT2D eigenvalue weighted by molar-refractivity contribution is 0.0601. The van der Waals surface area contributed by atoms with Crippen LogP contribution in [0.25, 0.3) is 10.7 Å². The summed E-state index contributed by atoms with van der Waals surface area (Å²) < 4.78 is 4.58. The molecule has 0 saturated carbocycles. The number of nitrogens with two attached hydrogens (primary N) is 1. The predicted octanol–water partition coefficient (Wildman–Crippen LogP) is 1.88. The average molecular weight is 249 g/mol. The third-order valence-electron chi connectivity index (χ3n) is 2.29. The maximum absolute atomic E-state index is 11.3. The minimum Gasteiger partial charge on any atom is -0.465 e. The van der Waals surface area contributed by atoms with Gasteiger partial charge >= 0.3 is 5.97 Å². The van der Waals surface area contributed by atoms with Gasteiger partial charge in [-0.2, -0.15) is 0 Å². The lowest BCUT2D eigenvalue weighted by Crippen LogP contribution is -2.08. The predicted molar refractivity (Wildman–Crippen MR) is 65.8 cm³/mol. The molecular weight excluding hydrogens is 238 g/mol. The Balaban J connectivity index is 2.44. The number of anilines is 1. The fourth-order valence-corrected chi connectivity index (χ4v) is 2.24. The summed E-state index contributed by atoms with van der Waals surface area (Å²) in [5.74, 6) is 0.134. The molecule has 17 heavy (non-hydrogen) atoms. The van der Waals surface area contributed by atoms with E-state index in [1.54, 1.807) is 0 Å². The maximum Gasteiger partial charge on any atom is 0.343 e. The van der Waals surface area contributed by atoms with E-state index in [1.165, 1.54) is 24.6 Å². The van der Waals surface area contributed by atoms with Crippen molar-refractivity contribution >= 4 is 23.1 Å². The summed E-state index contributed by atoms with van der Waals surface area (Å²) >= 11 is 1.53. The highest BCUT2D eigenvalue weighted by atomic mass is 32.1. The summed E-state index contributed by atoms with van der Waals surface area (Å²) in [5, 5.41) is 1.96. The number of ether oxygens (including phenoxy) is 1. The van der Waals surface area contributed by atoms with Crippen LogP contribution in [0.5, 0.6) is 0 Å². The largest absolute Gasteiger partial charge is 0.465 e. The van der Waals surface area contributed by atoms with E-state index in [0.717, 1.165) is 10.4 Å². The van der Waals surface area contributed by atoms with Crippen molar-refractivity contribution in [3.8, 4) is 10.7 Å². The summed E-state index contributed by atoms with van der Waals surface area (Å²) in [7, 11) is 1.29. The normalized spacial score (nSPS) is 10.2. The van der Waals surface area contributed by atoms with Gasteiger partial charge in [0.1, 0.15) is 11.4 Å². The molecule has 0 aromatic carbocycles. The van der Waals surface area contributed by atoms with Gasteiger partial charge in [-0.3, -0.25) is 0 Å². The molecule has 0 unspecified atom stereocenters. The number of carbonyl (C=O) groups excluding carboxylic acids is 1. The number of carbonyl (C=O) groups is 1. The minimum absolute atomic E-state index is 0.134. The monoisotopic (exact) mass is 249 g/mol. The fourth-order valence-electron chi connectivity index (χ4n) is 1.37. The van der Waals surface area contributed by atoms with Gasteiger partial charge < -0.3 is 10.5 Å². The van der Waals surface area contributed by atoms with E-state index in [0.29, 0.717) is 5.82 Å². The molecule has 0 spiro atoms. The highest BCUT2D eigenvalue weighted by molar-refractivity contribution is 7.13. The fraction of sp³-hybridized carbons (Fsp3) is 0.182. The highest BCUT2D eigenvalue weighted by Crippen LogP contribution is 2.26. The number of nitrogens with zero attached hydrogens (tertiary/aromatic N) is 2. The first-order valence-corrected chi connectivity index (χ1v) is 5.76. The van der Waals surface area contributed by atoms with E-state index >= 15 is 0 Å². The Morgan fingerprint density at radius 1 is 1.53 bits per heavy atom. The molecular formula is C11H11N3O2S. The lowest BCUT2D eigenvalue weighted by Gasteiger charge is -2.04. The third-order valence-corrected chi connectivity index (χ3v) is 3.30. The Hall–Kier alpha value is -1.95. The van der Waals surface area contributed by atoms with Gasteiger partial charge in [0.2, 0.25) is 0 Å². The highest BCUT2D eigenvalue weighted by Gasteiger charge is 2.14. The topological polar surface area (TPSA) is 78.1 Å². The Morgan fingerprint density at radius 2 is 2.29 bits per heavy atom. The Kier molecular flexibility index (Phi) is 3.06. The summed E-state index contributed by atoms with van der Waals surface area (Å²) in [6, 6.07) is 1.98. The van der Waals surface area contributed by atoms with E-state index in [-0.39, 0.29) is 11.4 Å². The van der Waals surface area contributed by atoms with Crippen molar-refractivity contribution in [3.05, 3.63) is 28.8 Å². The number of aryl methyl sites for hydroxylation is 1. The van der Waals surface area contributed by atoms with Gasteiger partial charge in [-0.05, 0) is 23.9 Å². The quantitative estimate of drug-likeness (QED) is 0.822. The number of hydrogen-bond acceptors (Lipinski definition) is 6. The summed E-state index contributed by atoms with van der Waals surface area (Å²) in [6.45, 7) is 1.97. The SMILES string of the molecule is COC(=O)c1cnc(-c2sccc2C)nc1N. The van der Waals surface area contributed by atoms with Crippen molar-refractivity contribution in [2.24, 2.45) is 0 Å². The van der Waals surface area contributed by atoms with Crippen LogP contribution in [0.4, 0.5) is 5.82 Å². The Labute approximate surface area is 102 Å². The van der Waals surface area contributed by atoms with Gasteiger partial charge in [0.25, 0.3) is 0 Å². The number of rotatable bonds is 2. The molecule has 2 aromatic heterocycles. The average Bonchev–Trinajstić information content (AvgIpc) is 2.74. The van der Waals surface area contributed by atoms with Crippen LogP contribution < -0.4 is 5.73 Å². The van der Waals surface area contributed by atoms with Gasteiger partial charge in [0.05, 0.1) is 12.0 Å².